The van der Waals surface area contributed by atoms with E-state index in [2.05, 4.69) is 6.07 Å². The summed E-state index contributed by atoms with van der Waals surface area (Å²) < 4.78 is 5.27. The molecule has 4 rings (SSSR count). The second-order valence-corrected chi connectivity index (χ2v) is 6.94. The number of halogens is 2. The lowest BCUT2D eigenvalue weighted by Crippen LogP contribution is -2.25. The first-order valence-corrected chi connectivity index (χ1v) is 7.71. The van der Waals surface area contributed by atoms with Crippen molar-refractivity contribution in [1.29, 1.82) is 0 Å². The lowest BCUT2D eigenvalue weighted by molar-refractivity contribution is -0.114. The quantitative estimate of drug-likeness (QED) is 0.848. The van der Waals surface area contributed by atoms with Crippen LogP contribution in [0.4, 0.5) is 0 Å². The molecular formula is C17H13Cl2NO2. The lowest BCUT2D eigenvalue weighted by atomic mass is 9.89. The number of ether oxygens (including phenoxy) is 1. The molecule has 0 radical (unpaired) electrons. The van der Waals surface area contributed by atoms with E-state index >= 15 is 0 Å². The van der Waals surface area contributed by atoms with Crippen LogP contribution in [-0.4, -0.2) is 17.9 Å². The number of carbonyl (C=O) groups is 1. The van der Waals surface area contributed by atoms with Crippen molar-refractivity contribution < 1.29 is 9.53 Å². The zero-order chi connectivity index (χ0) is 15.6. The molecule has 0 spiro atoms. The van der Waals surface area contributed by atoms with E-state index in [9.17, 15) is 4.79 Å². The number of fused-ring (bicyclic) bond motifs is 4. The van der Waals surface area contributed by atoms with Crippen LogP contribution in [0.15, 0.2) is 29.8 Å². The van der Waals surface area contributed by atoms with Gasteiger partial charge in [0.15, 0.2) is 0 Å². The Hall–Kier alpha value is -1.71. The molecule has 2 aliphatic rings. The molecular weight excluding hydrogens is 321 g/mol. The van der Waals surface area contributed by atoms with E-state index in [1.807, 2.05) is 24.3 Å². The fraction of sp³-hybridized carbons (Fsp3) is 0.235. The first kappa shape index (κ1) is 13.9. The van der Waals surface area contributed by atoms with Crippen LogP contribution < -0.4 is 10.5 Å². The van der Waals surface area contributed by atoms with E-state index in [0.717, 1.165) is 28.3 Å². The third kappa shape index (κ3) is 1.79. The van der Waals surface area contributed by atoms with E-state index in [4.69, 9.17) is 33.7 Å². The second kappa shape index (κ2) is 4.40. The number of benzene rings is 2. The summed E-state index contributed by atoms with van der Waals surface area (Å²) in [6.07, 6.45) is 2.55. The van der Waals surface area contributed by atoms with Gasteiger partial charge in [-0.3, -0.25) is 4.79 Å². The molecule has 2 aromatic rings. The van der Waals surface area contributed by atoms with Gasteiger partial charge in [-0.2, -0.15) is 0 Å². The van der Waals surface area contributed by atoms with Crippen LogP contribution in [0.25, 0.3) is 16.8 Å². The highest BCUT2D eigenvalue weighted by atomic mass is 35.5. The summed E-state index contributed by atoms with van der Waals surface area (Å²) in [5, 5.41) is 2.59. The zero-order valence-electron chi connectivity index (χ0n) is 11.8. The van der Waals surface area contributed by atoms with Gasteiger partial charge in [0.25, 0.3) is 0 Å². The maximum atomic E-state index is 11.6. The third-order valence-electron chi connectivity index (χ3n) is 4.59. The molecule has 2 N–H and O–H groups in total. The van der Waals surface area contributed by atoms with E-state index in [0.29, 0.717) is 16.3 Å². The number of hydrogen-bond donors (Lipinski definition) is 1. The lowest BCUT2D eigenvalue weighted by Gasteiger charge is -2.20. The predicted molar refractivity (Wildman–Crippen MR) is 88.6 cm³/mol. The minimum absolute atomic E-state index is 0.141. The summed E-state index contributed by atoms with van der Waals surface area (Å²) in [4.78, 5) is 11.0. The molecule has 5 heteroatoms. The minimum atomic E-state index is -0.622. The molecule has 2 unspecified atom stereocenters. The Bertz CT molecular complexity index is 875. The standard InChI is InChI=1S/C17H13Cl2NO2/c1-22-15-6-9-3-11-10(2-8(9)5-14(15)18)4-12(16(20)21)17(19)7-13(11)17/h2-6,13H,7H2,1H3,(H2,20,21). The van der Waals surface area contributed by atoms with Gasteiger partial charge in [0.1, 0.15) is 5.75 Å². The van der Waals surface area contributed by atoms with Crippen molar-refractivity contribution in [3.8, 4) is 5.75 Å². The van der Waals surface area contributed by atoms with Gasteiger partial charge in [-0.05, 0) is 52.6 Å². The molecule has 0 heterocycles. The van der Waals surface area contributed by atoms with E-state index < -0.39 is 10.8 Å². The number of primary amides is 1. The highest BCUT2D eigenvalue weighted by Crippen LogP contribution is 2.64. The van der Waals surface area contributed by atoms with Gasteiger partial charge in [-0.1, -0.05) is 17.7 Å². The molecule has 112 valence electrons. The molecule has 2 atom stereocenters. The van der Waals surface area contributed by atoms with Gasteiger partial charge in [0.2, 0.25) is 5.91 Å². The number of amides is 1. The van der Waals surface area contributed by atoms with Crippen LogP contribution in [0.2, 0.25) is 5.02 Å². The van der Waals surface area contributed by atoms with Gasteiger partial charge in [0.05, 0.1) is 17.0 Å². The third-order valence-corrected chi connectivity index (χ3v) is 5.51. The zero-order valence-corrected chi connectivity index (χ0v) is 13.3. The smallest absolute Gasteiger partial charge is 0.246 e. The molecule has 1 amide bonds. The van der Waals surface area contributed by atoms with E-state index in [-0.39, 0.29) is 5.92 Å². The molecule has 22 heavy (non-hydrogen) atoms. The van der Waals surface area contributed by atoms with Gasteiger partial charge in [-0.25, -0.2) is 0 Å². The molecule has 0 bridgehead atoms. The average Bonchev–Trinajstić information content (AvgIpc) is 3.16. The first-order chi connectivity index (χ1) is 10.4. The van der Waals surface area contributed by atoms with Crippen LogP contribution in [0.3, 0.4) is 0 Å². The Balaban J connectivity index is 1.96. The maximum absolute atomic E-state index is 11.6. The van der Waals surface area contributed by atoms with Crippen molar-refractivity contribution >= 4 is 46.0 Å². The van der Waals surface area contributed by atoms with Crippen molar-refractivity contribution in [3.05, 3.63) is 46.0 Å². The van der Waals surface area contributed by atoms with Crippen molar-refractivity contribution in [2.75, 3.05) is 7.11 Å². The number of carbonyl (C=O) groups excluding carboxylic acids is 1. The summed E-state index contributed by atoms with van der Waals surface area (Å²) in [5.41, 5.74) is 8.11. The number of methoxy groups -OCH3 is 1. The first-order valence-electron chi connectivity index (χ1n) is 6.96. The number of nitrogens with two attached hydrogens (primary N) is 1. The normalized spacial score (nSPS) is 25.2. The monoisotopic (exact) mass is 333 g/mol. The van der Waals surface area contributed by atoms with Crippen LogP contribution in [-0.2, 0) is 4.79 Å². The van der Waals surface area contributed by atoms with Crippen LogP contribution >= 0.6 is 23.2 Å². The molecule has 3 nitrogen and oxygen atoms in total. The topological polar surface area (TPSA) is 52.3 Å². The largest absolute Gasteiger partial charge is 0.495 e. The Labute approximate surface area is 137 Å². The summed E-state index contributed by atoms with van der Waals surface area (Å²) in [5.74, 6) is 0.338. The Kier molecular flexibility index (Phi) is 2.78. The van der Waals surface area contributed by atoms with E-state index in [1.54, 1.807) is 7.11 Å². The SMILES string of the molecule is COc1cc2cc3c(cc2cc1Cl)C=C(C(N)=O)C1(Cl)CC31. The van der Waals surface area contributed by atoms with Crippen LogP contribution in [0, 0.1) is 0 Å². The van der Waals surface area contributed by atoms with E-state index in [1.165, 1.54) is 0 Å². The molecule has 0 aliphatic heterocycles. The van der Waals surface area contributed by atoms with Crippen LogP contribution in [0.1, 0.15) is 23.5 Å². The molecule has 2 aromatic carbocycles. The Morgan fingerprint density at radius 1 is 1.32 bits per heavy atom. The summed E-state index contributed by atoms with van der Waals surface area (Å²) in [7, 11) is 1.60. The Morgan fingerprint density at radius 2 is 2.05 bits per heavy atom. The molecule has 0 saturated heterocycles. The van der Waals surface area contributed by atoms with Crippen molar-refractivity contribution in [2.24, 2.45) is 5.73 Å². The highest BCUT2D eigenvalue weighted by molar-refractivity contribution is 6.34. The van der Waals surface area contributed by atoms with Crippen molar-refractivity contribution in [1.82, 2.24) is 0 Å². The summed E-state index contributed by atoms with van der Waals surface area (Å²) >= 11 is 12.7. The average molecular weight is 334 g/mol. The number of alkyl halides is 1. The summed E-state index contributed by atoms with van der Waals surface area (Å²) in [6, 6.07) is 7.91. The van der Waals surface area contributed by atoms with Crippen molar-refractivity contribution in [3.63, 3.8) is 0 Å². The number of hydrogen-bond acceptors (Lipinski definition) is 2. The molecule has 0 aromatic heterocycles. The fourth-order valence-corrected chi connectivity index (χ4v) is 4.03. The summed E-state index contributed by atoms with van der Waals surface area (Å²) in [6.45, 7) is 0. The molecule has 1 fully saturated rings. The van der Waals surface area contributed by atoms with Gasteiger partial charge >= 0.3 is 0 Å². The fourth-order valence-electron chi connectivity index (χ4n) is 3.36. The second-order valence-electron chi connectivity index (χ2n) is 5.86. The highest BCUT2D eigenvalue weighted by Gasteiger charge is 2.60. The van der Waals surface area contributed by atoms with Crippen LogP contribution in [0.5, 0.6) is 5.75 Å². The van der Waals surface area contributed by atoms with Gasteiger partial charge in [0, 0.05) is 11.5 Å². The van der Waals surface area contributed by atoms with Crippen molar-refractivity contribution in [2.45, 2.75) is 17.2 Å². The molecule has 2 aliphatic carbocycles. The Morgan fingerprint density at radius 3 is 2.73 bits per heavy atom. The van der Waals surface area contributed by atoms with Gasteiger partial charge in [-0.15, -0.1) is 11.6 Å². The minimum Gasteiger partial charge on any atom is -0.495 e. The number of rotatable bonds is 2. The maximum Gasteiger partial charge on any atom is 0.246 e. The molecule has 1 saturated carbocycles. The van der Waals surface area contributed by atoms with Gasteiger partial charge < -0.3 is 10.5 Å². The predicted octanol–water partition coefficient (Wildman–Crippen LogP) is 3.85.